The maximum absolute atomic E-state index is 2.54. The second-order valence-corrected chi connectivity index (χ2v) is 4.29. The van der Waals surface area contributed by atoms with Crippen molar-refractivity contribution in [3.05, 3.63) is 0 Å². The van der Waals surface area contributed by atoms with Crippen molar-refractivity contribution in [3.63, 3.8) is 0 Å². The van der Waals surface area contributed by atoms with E-state index in [1.54, 1.807) is 0 Å². The van der Waals surface area contributed by atoms with Gasteiger partial charge in [0.1, 0.15) is 0 Å². The monoisotopic (exact) mass is 184 g/mol. The Labute approximate surface area is 82.9 Å². The Morgan fingerprint density at radius 2 is 1.77 bits per heavy atom. The first-order valence-corrected chi connectivity index (χ1v) is 5.65. The third-order valence-electron chi connectivity index (χ3n) is 3.19. The molecular weight excluding hydrogens is 160 g/mol. The van der Waals surface area contributed by atoms with Gasteiger partial charge in [-0.05, 0) is 26.6 Å². The minimum Gasteiger partial charge on any atom is -0.306 e. The van der Waals surface area contributed by atoms with Gasteiger partial charge in [-0.3, -0.25) is 0 Å². The van der Waals surface area contributed by atoms with Gasteiger partial charge in [-0.15, -0.1) is 0 Å². The van der Waals surface area contributed by atoms with Crippen LogP contribution in [0.1, 0.15) is 27.2 Å². The van der Waals surface area contributed by atoms with Crippen LogP contribution in [0, 0.1) is 5.41 Å². The van der Waals surface area contributed by atoms with E-state index in [2.05, 4.69) is 23.8 Å². The summed E-state index contributed by atoms with van der Waals surface area (Å²) in [5.41, 5.74) is 0.713. The van der Waals surface area contributed by atoms with Crippen LogP contribution in [0.2, 0.25) is 0 Å². The Morgan fingerprint density at radius 1 is 1.15 bits per heavy atom. The summed E-state index contributed by atoms with van der Waals surface area (Å²) in [4.78, 5) is 5.01. The summed E-state index contributed by atoms with van der Waals surface area (Å²) < 4.78 is 0. The molecule has 78 valence electrons. The van der Waals surface area contributed by atoms with Crippen molar-refractivity contribution < 1.29 is 0 Å². The first kappa shape index (κ1) is 11.0. The summed E-state index contributed by atoms with van der Waals surface area (Å²) in [7, 11) is 2.24. The SMILES string of the molecule is CC.CCN1CC2(CCN(C)C2)C1. The van der Waals surface area contributed by atoms with E-state index in [4.69, 9.17) is 0 Å². The molecule has 1 spiro atoms. The highest BCUT2D eigenvalue weighted by Crippen LogP contribution is 2.38. The first-order chi connectivity index (χ1) is 6.24. The molecule has 0 bridgehead atoms. The van der Waals surface area contributed by atoms with Crippen molar-refractivity contribution in [1.82, 2.24) is 9.80 Å². The quantitative estimate of drug-likeness (QED) is 0.611. The Morgan fingerprint density at radius 3 is 2.15 bits per heavy atom. The van der Waals surface area contributed by atoms with Gasteiger partial charge in [0.05, 0.1) is 0 Å². The summed E-state index contributed by atoms with van der Waals surface area (Å²) in [6, 6.07) is 0. The molecule has 0 aliphatic carbocycles. The van der Waals surface area contributed by atoms with Crippen molar-refractivity contribution in [3.8, 4) is 0 Å². The van der Waals surface area contributed by atoms with Crippen LogP contribution in [0.3, 0.4) is 0 Å². The second-order valence-electron chi connectivity index (χ2n) is 4.29. The smallest absolute Gasteiger partial charge is 0.00968 e. The van der Waals surface area contributed by atoms with Crippen molar-refractivity contribution in [2.75, 3.05) is 39.8 Å². The molecule has 0 N–H and O–H groups in total. The molecule has 2 saturated heterocycles. The minimum absolute atomic E-state index is 0.713. The third kappa shape index (κ3) is 2.23. The van der Waals surface area contributed by atoms with E-state index >= 15 is 0 Å². The fourth-order valence-corrected chi connectivity index (χ4v) is 2.54. The van der Waals surface area contributed by atoms with Crippen LogP contribution in [-0.2, 0) is 0 Å². The molecule has 2 rings (SSSR count). The van der Waals surface area contributed by atoms with Gasteiger partial charge in [0.25, 0.3) is 0 Å². The van der Waals surface area contributed by atoms with E-state index in [0.29, 0.717) is 5.41 Å². The van der Waals surface area contributed by atoms with Gasteiger partial charge in [0, 0.05) is 25.0 Å². The van der Waals surface area contributed by atoms with E-state index < -0.39 is 0 Å². The van der Waals surface area contributed by atoms with Crippen molar-refractivity contribution in [1.29, 1.82) is 0 Å². The summed E-state index contributed by atoms with van der Waals surface area (Å²) in [6.45, 7) is 12.9. The summed E-state index contributed by atoms with van der Waals surface area (Å²) in [5, 5.41) is 0. The Kier molecular flexibility index (Phi) is 3.74. The molecule has 0 aromatic carbocycles. The maximum Gasteiger partial charge on any atom is 0.00968 e. The van der Waals surface area contributed by atoms with Gasteiger partial charge >= 0.3 is 0 Å². The standard InChI is InChI=1S/C9H18N2.C2H6/c1-3-11-7-9(8-11)4-5-10(2)6-9;1-2/h3-8H2,1-2H3;1-2H3. The summed E-state index contributed by atoms with van der Waals surface area (Å²) in [6.07, 6.45) is 1.43. The van der Waals surface area contributed by atoms with E-state index in [1.165, 1.54) is 39.1 Å². The lowest BCUT2D eigenvalue weighted by Crippen LogP contribution is -2.56. The molecule has 0 atom stereocenters. The number of rotatable bonds is 1. The average Bonchev–Trinajstić information content (AvgIpc) is 2.48. The van der Waals surface area contributed by atoms with Crippen LogP contribution in [0.4, 0.5) is 0 Å². The lowest BCUT2D eigenvalue weighted by atomic mass is 9.79. The van der Waals surface area contributed by atoms with Crippen LogP contribution in [0.25, 0.3) is 0 Å². The molecule has 2 heterocycles. The maximum atomic E-state index is 2.54. The molecule has 0 aromatic rings. The molecule has 0 unspecified atom stereocenters. The first-order valence-electron chi connectivity index (χ1n) is 5.65. The van der Waals surface area contributed by atoms with Crippen LogP contribution in [-0.4, -0.2) is 49.6 Å². The Balaban J connectivity index is 0.000000396. The molecule has 13 heavy (non-hydrogen) atoms. The fourth-order valence-electron chi connectivity index (χ4n) is 2.54. The zero-order valence-corrected chi connectivity index (χ0v) is 9.64. The molecule has 0 saturated carbocycles. The van der Waals surface area contributed by atoms with Crippen molar-refractivity contribution >= 4 is 0 Å². The topological polar surface area (TPSA) is 6.48 Å². The molecule has 0 radical (unpaired) electrons. The van der Waals surface area contributed by atoms with Gasteiger partial charge < -0.3 is 9.80 Å². The van der Waals surface area contributed by atoms with Crippen LogP contribution in [0.15, 0.2) is 0 Å². The molecule has 2 aliphatic heterocycles. The fraction of sp³-hybridized carbons (Fsp3) is 1.00. The largest absolute Gasteiger partial charge is 0.306 e. The molecular formula is C11H24N2. The molecule has 0 amide bonds. The zero-order chi connectivity index (χ0) is 9.90. The average molecular weight is 184 g/mol. The van der Waals surface area contributed by atoms with Crippen molar-refractivity contribution in [2.45, 2.75) is 27.2 Å². The van der Waals surface area contributed by atoms with Gasteiger partial charge in [-0.25, -0.2) is 0 Å². The highest BCUT2D eigenvalue weighted by molar-refractivity contribution is 5.00. The van der Waals surface area contributed by atoms with Crippen LogP contribution >= 0.6 is 0 Å². The predicted octanol–water partition coefficient (Wildman–Crippen LogP) is 1.67. The predicted molar refractivity (Wildman–Crippen MR) is 58.0 cm³/mol. The zero-order valence-electron chi connectivity index (χ0n) is 9.64. The highest BCUT2D eigenvalue weighted by atomic mass is 15.3. The lowest BCUT2D eigenvalue weighted by Gasteiger charge is -2.47. The number of hydrogen-bond acceptors (Lipinski definition) is 2. The lowest BCUT2D eigenvalue weighted by molar-refractivity contribution is 0.0148. The molecule has 2 fully saturated rings. The highest BCUT2D eigenvalue weighted by Gasteiger charge is 2.45. The molecule has 2 nitrogen and oxygen atoms in total. The van der Waals surface area contributed by atoms with Gasteiger partial charge in [0.2, 0.25) is 0 Å². The third-order valence-corrected chi connectivity index (χ3v) is 3.19. The van der Waals surface area contributed by atoms with E-state index in [-0.39, 0.29) is 0 Å². The summed E-state index contributed by atoms with van der Waals surface area (Å²) in [5.74, 6) is 0. The normalized spacial score (nSPS) is 26.8. The van der Waals surface area contributed by atoms with E-state index in [9.17, 15) is 0 Å². The minimum atomic E-state index is 0.713. The van der Waals surface area contributed by atoms with Gasteiger partial charge in [0.15, 0.2) is 0 Å². The van der Waals surface area contributed by atoms with Crippen molar-refractivity contribution in [2.24, 2.45) is 5.41 Å². The Hall–Kier alpha value is -0.0800. The Bertz CT molecular complexity index is 150. The molecule has 0 aromatic heterocycles. The number of nitrogens with zero attached hydrogens (tertiary/aromatic N) is 2. The number of hydrogen-bond donors (Lipinski definition) is 0. The van der Waals surface area contributed by atoms with Crippen LogP contribution < -0.4 is 0 Å². The van der Waals surface area contributed by atoms with E-state index in [0.717, 1.165) is 0 Å². The van der Waals surface area contributed by atoms with Gasteiger partial charge in [-0.1, -0.05) is 20.8 Å². The number of likely N-dealkylation sites (tertiary alicyclic amines) is 2. The molecule has 2 heteroatoms. The van der Waals surface area contributed by atoms with Crippen LogP contribution in [0.5, 0.6) is 0 Å². The summed E-state index contributed by atoms with van der Waals surface area (Å²) >= 11 is 0. The van der Waals surface area contributed by atoms with Gasteiger partial charge in [-0.2, -0.15) is 0 Å². The molecule has 2 aliphatic rings. The second kappa shape index (κ2) is 4.43. The van der Waals surface area contributed by atoms with E-state index in [1.807, 2.05) is 13.8 Å².